The zero-order valence-electron chi connectivity index (χ0n) is 65.0. The van der Waals surface area contributed by atoms with E-state index in [0.29, 0.717) is 101 Å². The summed E-state index contributed by atoms with van der Waals surface area (Å²) in [7, 11) is -1.88. The van der Waals surface area contributed by atoms with Gasteiger partial charge in [-0.3, -0.25) is 76.1 Å². The highest BCUT2D eigenvalue weighted by Gasteiger charge is 2.39. The first-order valence-electron chi connectivity index (χ1n) is 36.7. The number of ether oxygens (including phenoxy) is 5. The maximum Gasteiger partial charge on any atom is 0.305 e. The second kappa shape index (κ2) is 40.3. The van der Waals surface area contributed by atoms with Gasteiger partial charge in [-0.2, -0.15) is 16.8 Å². The van der Waals surface area contributed by atoms with Crippen LogP contribution < -0.4 is 45.3 Å². The number of rotatable bonds is 34. The molecular formula is C81H96N8O22S2. The number of aryl methyl sites for hydroxylation is 1. The third-order valence-electron chi connectivity index (χ3n) is 18.8. The summed E-state index contributed by atoms with van der Waals surface area (Å²) in [4.78, 5) is 137. The first-order valence-corrected chi connectivity index (χ1v) is 40.3. The fourth-order valence-electron chi connectivity index (χ4n) is 12.7. The number of nitrogens with one attached hydrogen (secondary N) is 4. The fraction of sp³-hybridized carbons (Fsp3) is 0.407. The van der Waals surface area contributed by atoms with Crippen molar-refractivity contribution in [2.24, 2.45) is 21.8 Å². The molecule has 604 valence electrons. The number of aromatic hydroxyl groups is 1. The Morgan fingerprint density at radius 2 is 0.912 bits per heavy atom. The number of para-hydroxylation sites is 2. The van der Waals surface area contributed by atoms with Crippen LogP contribution in [0.3, 0.4) is 0 Å². The lowest BCUT2D eigenvalue weighted by molar-refractivity contribution is -0.141. The van der Waals surface area contributed by atoms with Gasteiger partial charge in [-0.15, -0.1) is 0 Å². The van der Waals surface area contributed by atoms with Gasteiger partial charge in [0.15, 0.2) is 34.6 Å². The van der Waals surface area contributed by atoms with Gasteiger partial charge in [-0.25, -0.2) is 0 Å². The molecule has 6 amide bonds. The van der Waals surface area contributed by atoms with E-state index in [-0.39, 0.29) is 135 Å². The molecule has 30 nitrogen and oxygen atoms in total. The van der Waals surface area contributed by atoms with Crippen molar-refractivity contribution in [3.05, 3.63) is 154 Å². The van der Waals surface area contributed by atoms with Crippen molar-refractivity contribution in [1.29, 1.82) is 0 Å². The lowest BCUT2D eigenvalue weighted by Gasteiger charge is -2.22. The first-order chi connectivity index (χ1) is 53.7. The average molecular weight is 1600 g/mol. The number of carbonyl (C=O) groups is 10. The van der Waals surface area contributed by atoms with Crippen LogP contribution in [0.2, 0.25) is 0 Å². The van der Waals surface area contributed by atoms with Crippen molar-refractivity contribution >= 4 is 126 Å². The molecule has 0 aliphatic carbocycles. The van der Waals surface area contributed by atoms with Crippen molar-refractivity contribution in [3.63, 3.8) is 0 Å². The van der Waals surface area contributed by atoms with Crippen LogP contribution in [0.5, 0.6) is 23.0 Å². The number of fused-ring (bicyclic) bond motifs is 8. The van der Waals surface area contributed by atoms with Crippen molar-refractivity contribution in [2.75, 3.05) is 61.4 Å². The summed E-state index contributed by atoms with van der Waals surface area (Å²) in [5, 5.41) is 20.7. The van der Waals surface area contributed by atoms with E-state index in [1.165, 1.54) is 34.5 Å². The molecule has 0 bridgehead atoms. The van der Waals surface area contributed by atoms with Crippen LogP contribution in [0.25, 0.3) is 0 Å². The number of unbranched alkanes of at least 4 members (excludes halogenated alkanes) is 2. The van der Waals surface area contributed by atoms with Crippen LogP contribution in [0.4, 0.5) is 34.1 Å². The Kier molecular flexibility index (Phi) is 31.2. The van der Waals surface area contributed by atoms with Crippen molar-refractivity contribution < 1.29 is 102 Å². The fourth-order valence-corrected chi connectivity index (χ4v) is 13.4. The largest absolute Gasteiger partial charge is 0.504 e. The van der Waals surface area contributed by atoms with Crippen LogP contribution in [0.1, 0.15) is 153 Å². The van der Waals surface area contributed by atoms with Gasteiger partial charge in [0.25, 0.3) is 32.1 Å². The topological polar surface area (TPSA) is 403 Å². The summed E-state index contributed by atoms with van der Waals surface area (Å²) >= 11 is 0. The molecule has 0 unspecified atom stereocenters. The van der Waals surface area contributed by atoms with Crippen LogP contribution in [0.15, 0.2) is 119 Å². The average Bonchev–Trinajstić information content (AvgIpc) is 1.63. The third-order valence-corrected chi connectivity index (χ3v) is 19.8. The van der Waals surface area contributed by atoms with E-state index in [2.05, 4.69) is 40.7 Å². The molecule has 0 saturated heterocycles. The van der Waals surface area contributed by atoms with Gasteiger partial charge < -0.3 is 50.1 Å². The second-order valence-corrected chi connectivity index (χ2v) is 31.0. The molecule has 10 rings (SSSR count). The number of esters is 2. The SMILES string of the molecule is CCc1cc(COS(C)(=O)=O)cc(NC(=O)[C@H](C)CC(=O)[C@H](C)NC(=O)CCCCC(=O)OC)c1.COC(=O)CCCCC(=O)N[C@@H](C)C(=O)C[C@@H](C)C(=O)Nc1cc(COc2cc3c(cc2OC)C(=O)N2c4ccccc4C[C@H]2C=N3)cc(COS(C)(=O)=O)c1.COc1cc2c(cc1O)N=C[C@@H]1Cc3ccccc3N1C2=O. The normalized spacial score (nSPS) is 15.2. The number of phenolic OH excluding ortho intramolecular Hbond substituents is 1. The Balaban J connectivity index is 0.000000237. The molecule has 32 heteroatoms. The van der Waals surface area contributed by atoms with Gasteiger partial charge in [0.05, 0.1) is 101 Å². The first kappa shape index (κ1) is 87.4. The highest BCUT2D eigenvalue weighted by atomic mass is 32.2. The zero-order chi connectivity index (χ0) is 82.4. The molecule has 0 fully saturated rings. The molecule has 6 atom stereocenters. The quantitative estimate of drug-likeness (QED) is 0.0142. The lowest BCUT2D eigenvalue weighted by Crippen LogP contribution is -2.39. The van der Waals surface area contributed by atoms with E-state index in [0.717, 1.165) is 47.0 Å². The number of carbonyl (C=O) groups excluding carboxylic acids is 10. The number of Topliss-reactive ketones (excluding diaryl/α,β-unsaturated/α-hetero) is 2. The molecule has 6 aromatic carbocycles. The number of hydrogen-bond donors (Lipinski definition) is 5. The minimum Gasteiger partial charge on any atom is -0.504 e. The molecule has 4 aliphatic heterocycles. The number of anilines is 4. The molecule has 0 radical (unpaired) electrons. The summed E-state index contributed by atoms with van der Waals surface area (Å²) in [6.07, 6.45) is 9.96. The van der Waals surface area contributed by atoms with E-state index >= 15 is 0 Å². The maximum absolute atomic E-state index is 13.8. The van der Waals surface area contributed by atoms with E-state index < -0.39 is 50.1 Å². The predicted molar refractivity (Wildman–Crippen MR) is 422 cm³/mol. The smallest absolute Gasteiger partial charge is 0.305 e. The second-order valence-electron chi connectivity index (χ2n) is 27.7. The minimum atomic E-state index is -3.79. The number of amides is 6. The van der Waals surface area contributed by atoms with Gasteiger partial charge in [0.1, 0.15) is 6.61 Å². The minimum absolute atomic E-state index is 0.0198. The summed E-state index contributed by atoms with van der Waals surface area (Å²) in [6, 6.07) is 30.0. The summed E-state index contributed by atoms with van der Waals surface area (Å²) in [5.74, 6) is -3.72. The van der Waals surface area contributed by atoms with Crippen LogP contribution in [-0.2, 0) is 116 Å². The van der Waals surface area contributed by atoms with Crippen LogP contribution >= 0.6 is 0 Å². The molecule has 0 spiro atoms. The van der Waals surface area contributed by atoms with Gasteiger partial charge >= 0.3 is 11.9 Å². The summed E-state index contributed by atoms with van der Waals surface area (Å²) in [6.45, 7) is 7.71. The number of benzene rings is 6. The number of nitrogens with zero attached hydrogens (tertiary/aromatic N) is 4. The van der Waals surface area contributed by atoms with Crippen molar-refractivity contribution in [3.8, 4) is 23.0 Å². The Labute approximate surface area is 657 Å². The summed E-state index contributed by atoms with van der Waals surface area (Å²) < 4.78 is 82.0. The molecule has 5 N–H and O–H groups in total. The van der Waals surface area contributed by atoms with Gasteiger partial charge in [0, 0.05) is 111 Å². The molecule has 0 aromatic heterocycles. The Morgan fingerprint density at radius 3 is 1.34 bits per heavy atom. The maximum atomic E-state index is 13.8. The summed E-state index contributed by atoms with van der Waals surface area (Å²) in [5.41, 5.74) is 8.86. The third kappa shape index (κ3) is 25.1. The van der Waals surface area contributed by atoms with Gasteiger partial charge in [-0.05, 0) is 134 Å². The van der Waals surface area contributed by atoms with E-state index in [1.54, 1.807) is 105 Å². The highest BCUT2D eigenvalue weighted by molar-refractivity contribution is 7.86. The number of phenols is 1. The zero-order valence-corrected chi connectivity index (χ0v) is 66.6. The molecular weight excluding hydrogens is 1500 g/mol. The van der Waals surface area contributed by atoms with Crippen molar-refractivity contribution in [2.45, 2.75) is 162 Å². The number of ketones is 2. The molecule has 6 aromatic rings. The molecule has 4 heterocycles. The Hall–Kier alpha value is -11.2. The Morgan fingerprint density at radius 1 is 0.513 bits per heavy atom. The van der Waals surface area contributed by atoms with E-state index in [1.807, 2.05) is 55.5 Å². The predicted octanol–water partition coefficient (Wildman–Crippen LogP) is 9.99. The molecule has 113 heavy (non-hydrogen) atoms. The highest BCUT2D eigenvalue weighted by Crippen LogP contribution is 2.43. The molecule has 0 saturated carbocycles. The van der Waals surface area contributed by atoms with Crippen LogP contribution in [-0.4, -0.2) is 158 Å². The number of aliphatic imine (C=N–C) groups is 2. The lowest BCUT2D eigenvalue weighted by atomic mass is 9.99. The van der Waals surface area contributed by atoms with Crippen LogP contribution in [0, 0.1) is 11.8 Å². The van der Waals surface area contributed by atoms with Crippen molar-refractivity contribution in [1.82, 2.24) is 10.6 Å². The van der Waals surface area contributed by atoms with E-state index in [4.69, 9.17) is 22.6 Å². The number of methoxy groups -OCH3 is 4. The van der Waals surface area contributed by atoms with Gasteiger partial charge in [-0.1, -0.05) is 63.2 Å². The standard InChI is InChI=1S/C40H46N4O11S.C24H36N2O8S.C17H14N2O3/c1-24(14-34(45)25(2)42-37(46)12-8-9-13-38(47)53-4)39(48)43-29-16-26(15-27(17-29)23-55-56(5,50)51)22-54-36-20-32-31(19-35(36)52-3)40(49)44-30(21-41-32)18-28-10-6-7-11-33(28)44;1-6-18-12-19(15-34-35(5,31)32)14-20(13-18)26-24(30)16(2)11-21(27)17(3)25-22(28)9-7-8-10-23(29)33-4;1-22-16-7-12-13(8-15(16)20)18-9-11-6-10-4-2-3-5-14(10)19(11)17(12)21/h6-7,10-11,15-17,19-21,24-25,30H,8-9,12-14,18,22-23H2,1-5H3,(H,42,46)(H,43,48);12-14,16-17H,6-11,15H2,1-5H3,(H,25,28)(H,26,30);2-5,7-9,11,20H,6H2,1H3/t24-,25+,30+;16-,17+;11-/m110/s1. The van der Waals surface area contributed by atoms with E-state index in [9.17, 15) is 69.9 Å². The number of hydrogen-bond acceptors (Lipinski definition) is 24. The Bertz CT molecular complexity index is 4850. The van der Waals surface area contributed by atoms with Gasteiger partial charge in [0.2, 0.25) is 23.6 Å². The molecule has 4 aliphatic rings. The monoisotopic (exact) mass is 1600 g/mol.